The fourth-order valence-corrected chi connectivity index (χ4v) is 5.46. The lowest BCUT2D eigenvalue weighted by Gasteiger charge is -2.44. The Morgan fingerprint density at radius 2 is 2.00 bits per heavy atom. The number of esters is 1. The van der Waals surface area contributed by atoms with E-state index >= 15 is 0 Å². The molecule has 3 aromatic rings. The van der Waals surface area contributed by atoms with Gasteiger partial charge in [0.2, 0.25) is 0 Å². The Bertz CT molecular complexity index is 1060. The molecule has 30 heavy (non-hydrogen) atoms. The van der Waals surface area contributed by atoms with Gasteiger partial charge in [-0.2, -0.15) is 0 Å². The summed E-state index contributed by atoms with van der Waals surface area (Å²) in [6.45, 7) is 1.52. The van der Waals surface area contributed by atoms with Crippen molar-refractivity contribution in [3.8, 4) is 0 Å². The third kappa shape index (κ3) is 3.32. The molecule has 1 aliphatic heterocycles. The molecule has 2 heterocycles. The molecule has 0 spiro atoms. The highest BCUT2D eigenvalue weighted by atomic mass is 16.5. The Labute approximate surface area is 176 Å². The predicted octanol–water partition coefficient (Wildman–Crippen LogP) is 3.19. The van der Waals surface area contributed by atoms with Gasteiger partial charge in [0.1, 0.15) is 6.61 Å². The molecule has 1 saturated heterocycles. The van der Waals surface area contributed by atoms with Gasteiger partial charge in [0.05, 0.1) is 12.5 Å². The Kier molecular flexibility index (Phi) is 5.09. The summed E-state index contributed by atoms with van der Waals surface area (Å²) in [6.07, 6.45) is 4.14. The average Bonchev–Trinajstić information content (AvgIpc) is 3.12. The van der Waals surface area contributed by atoms with Crippen LogP contribution in [-0.2, 0) is 22.5 Å². The van der Waals surface area contributed by atoms with Crippen LogP contribution in [0.25, 0.3) is 10.9 Å². The van der Waals surface area contributed by atoms with E-state index < -0.39 is 0 Å². The molecule has 0 bridgehead atoms. The molecule has 5 nitrogen and oxygen atoms in total. The van der Waals surface area contributed by atoms with E-state index in [9.17, 15) is 4.79 Å². The smallest absolute Gasteiger partial charge is 0.310 e. The van der Waals surface area contributed by atoms with Crippen LogP contribution in [0.15, 0.2) is 54.7 Å². The van der Waals surface area contributed by atoms with Gasteiger partial charge in [0, 0.05) is 42.1 Å². The van der Waals surface area contributed by atoms with Crippen molar-refractivity contribution in [2.45, 2.75) is 31.3 Å². The number of nitrogens with zero attached hydrogens (tertiary/aromatic N) is 2. The second kappa shape index (κ2) is 7.89. The largest absolute Gasteiger partial charge is 0.463 e. The van der Waals surface area contributed by atoms with Crippen LogP contribution in [-0.4, -0.2) is 53.4 Å². The minimum atomic E-state index is -0.186. The lowest BCUT2D eigenvalue weighted by molar-refractivity contribution is -0.152. The first kappa shape index (κ1) is 19.3. The van der Waals surface area contributed by atoms with Crippen molar-refractivity contribution < 1.29 is 14.6 Å². The average molecular weight is 405 g/mol. The number of fused-ring (bicyclic) bond motifs is 2. The molecular formula is C25H28N2O3. The maximum absolute atomic E-state index is 12.5. The number of hydrogen-bond acceptors (Lipinski definition) is 4. The van der Waals surface area contributed by atoms with Gasteiger partial charge in [-0.25, -0.2) is 0 Å². The summed E-state index contributed by atoms with van der Waals surface area (Å²) in [7, 11) is 2.12. The Hall–Kier alpha value is -2.63. The summed E-state index contributed by atoms with van der Waals surface area (Å²) in [5.41, 5.74) is 5.34. The number of piperidine rings is 1. The van der Waals surface area contributed by atoms with E-state index in [2.05, 4.69) is 71.2 Å². The molecule has 1 fully saturated rings. The van der Waals surface area contributed by atoms with Gasteiger partial charge in [0.25, 0.3) is 0 Å². The zero-order chi connectivity index (χ0) is 20.7. The third-order valence-electron chi connectivity index (χ3n) is 6.79. The first-order valence-electron chi connectivity index (χ1n) is 10.8. The molecule has 3 unspecified atom stereocenters. The Morgan fingerprint density at radius 1 is 1.17 bits per heavy atom. The monoisotopic (exact) mass is 404 g/mol. The maximum atomic E-state index is 12.5. The number of hydrogen-bond donors (Lipinski definition) is 1. The van der Waals surface area contributed by atoms with Crippen molar-refractivity contribution in [1.29, 1.82) is 0 Å². The third-order valence-corrected chi connectivity index (χ3v) is 6.79. The van der Waals surface area contributed by atoms with Crippen molar-refractivity contribution in [3.05, 3.63) is 71.4 Å². The standard InChI is InChI=1S/C25H28N2O3/c1-26-15-19(25(29)30-11-10-28)12-21-20-8-5-9-22-24(20)18(13-23(21)26)16-27(22)14-17-6-3-2-4-7-17/h2-9,16,19,21,23,28H,10-15H2,1H3. The molecule has 156 valence electrons. The predicted molar refractivity (Wildman–Crippen MR) is 116 cm³/mol. The summed E-state index contributed by atoms with van der Waals surface area (Å²) in [4.78, 5) is 14.8. The number of carbonyl (C=O) groups is 1. The van der Waals surface area contributed by atoms with Crippen molar-refractivity contribution >= 4 is 16.9 Å². The first-order valence-corrected chi connectivity index (χ1v) is 10.8. The van der Waals surface area contributed by atoms with Crippen LogP contribution in [0.4, 0.5) is 0 Å². The van der Waals surface area contributed by atoms with E-state index in [0.29, 0.717) is 18.5 Å². The number of likely N-dealkylation sites (N-methyl/N-ethyl adjacent to an activating group) is 1. The van der Waals surface area contributed by atoms with Crippen molar-refractivity contribution in [2.75, 3.05) is 26.8 Å². The molecule has 1 aliphatic carbocycles. The molecule has 0 saturated carbocycles. The molecule has 2 aliphatic rings. The zero-order valence-corrected chi connectivity index (χ0v) is 17.3. The quantitative estimate of drug-likeness (QED) is 0.664. The fourth-order valence-electron chi connectivity index (χ4n) is 5.46. The van der Waals surface area contributed by atoms with E-state index in [4.69, 9.17) is 9.84 Å². The second-order valence-electron chi connectivity index (χ2n) is 8.65. The van der Waals surface area contributed by atoms with Gasteiger partial charge >= 0.3 is 5.97 Å². The van der Waals surface area contributed by atoms with Crippen LogP contribution in [0.1, 0.15) is 29.0 Å². The zero-order valence-electron chi connectivity index (χ0n) is 17.3. The number of aliphatic hydroxyl groups excluding tert-OH is 1. The summed E-state index contributed by atoms with van der Waals surface area (Å²) in [5, 5.41) is 10.3. The van der Waals surface area contributed by atoms with Gasteiger partial charge in [-0.15, -0.1) is 0 Å². The minimum Gasteiger partial charge on any atom is -0.463 e. The van der Waals surface area contributed by atoms with E-state index in [1.807, 2.05) is 0 Å². The van der Waals surface area contributed by atoms with Gasteiger partial charge in [0.15, 0.2) is 0 Å². The van der Waals surface area contributed by atoms with Crippen LogP contribution in [0.3, 0.4) is 0 Å². The molecule has 5 heteroatoms. The van der Waals surface area contributed by atoms with E-state index in [1.54, 1.807) is 0 Å². The highest BCUT2D eigenvalue weighted by Crippen LogP contribution is 2.45. The number of likely N-dealkylation sites (tertiary alicyclic amines) is 1. The molecule has 0 amide bonds. The molecule has 5 rings (SSSR count). The molecule has 0 radical (unpaired) electrons. The lowest BCUT2D eigenvalue weighted by Crippen LogP contribution is -2.49. The highest BCUT2D eigenvalue weighted by molar-refractivity contribution is 5.89. The molecule has 2 aromatic carbocycles. The normalized spacial score (nSPS) is 23.3. The van der Waals surface area contributed by atoms with Crippen LogP contribution in [0, 0.1) is 5.92 Å². The van der Waals surface area contributed by atoms with Gasteiger partial charge in [-0.1, -0.05) is 42.5 Å². The van der Waals surface area contributed by atoms with Gasteiger partial charge in [-0.3, -0.25) is 4.79 Å². The van der Waals surface area contributed by atoms with Gasteiger partial charge in [-0.05, 0) is 42.6 Å². The second-order valence-corrected chi connectivity index (χ2v) is 8.65. The SMILES string of the molecule is CN1CC(C(=O)OCCO)CC2c3cccc4c3c(cn4Cc3ccccc3)CC21. The van der Waals surface area contributed by atoms with Crippen molar-refractivity contribution in [1.82, 2.24) is 9.47 Å². The van der Waals surface area contributed by atoms with Crippen LogP contribution in [0.2, 0.25) is 0 Å². The summed E-state index contributed by atoms with van der Waals surface area (Å²) < 4.78 is 7.62. The number of aliphatic hydroxyl groups is 1. The van der Waals surface area contributed by atoms with Crippen molar-refractivity contribution in [3.63, 3.8) is 0 Å². The topological polar surface area (TPSA) is 54.7 Å². The summed E-state index contributed by atoms with van der Waals surface area (Å²) >= 11 is 0. The number of aromatic nitrogens is 1. The first-order chi connectivity index (χ1) is 14.7. The van der Waals surface area contributed by atoms with E-state index in [-0.39, 0.29) is 25.1 Å². The Morgan fingerprint density at radius 3 is 2.80 bits per heavy atom. The fraction of sp³-hybridized carbons (Fsp3) is 0.400. The Balaban J connectivity index is 1.50. The molecule has 3 atom stereocenters. The summed E-state index contributed by atoms with van der Waals surface area (Å²) in [6, 6.07) is 17.6. The number of benzene rings is 2. The lowest BCUT2D eigenvalue weighted by atomic mass is 9.72. The van der Waals surface area contributed by atoms with Crippen molar-refractivity contribution in [2.24, 2.45) is 5.92 Å². The van der Waals surface area contributed by atoms with Gasteiger partial charge < -0.3 is 19.3 Å². The molecule has 1 N–H and O–H groups in total. The van der Waals surface area contributed by atoms with Crippen LogP contribution in [0.5, 0.6) is 0 Å². The van der Waals surface area contributed by atoms with E-state index in [0.717, 1.165) is 19.4 Å². The van der Waals surface area contributed by atoms with E-state index in [1.165, 1.54) is 27.6 Å². The number of ether oxygens (including phenoxy) is 1. The molecule has 1 aromatic heterocycles. The number of rotatable bonds is 5. The van der Waals surface area contributed by atoms with Crippen LogP contribution >= 0.6 is 0 Å². The molecular weight excluding hydrogens is 376 g/mol. The maximum Gasteiger partial charge on any atom is 0.310 e. The number of carbonyl (C=O) groups excluding carboxylic acids is 1. The summed E-state index contributed by atoms with van der Waals surface area (Å²) in [5.74, 6) is -0.0146. The highest BCUT2D eigenvalue weighted by Gasteiger charge is 2.42. The van der Waals surface area contributed by atoms with Crippen LogP contribution < -0.4 is 0 Å². The minimum absolute atomic E-state index is 0.0786.